The van der Waals surface area contributed by atoms with Crippen LogP contribution in [0.15, 0.2) is 57.4 Å². The first kappa shape index (κ1) is 25.5. The number of aromatic amines is 1. The largest absolute Gasteiger partial charge is 0.383 e. The van der Waals surface area contributed by atoms with Crippen molar-refractivity contribution in [2.75, 3.05) is 17.2 Å². The molecule has 34 heavy (non-hydrogen) atoms. The summed E-state index contributed by atoms with van der Waals surface area (Å²) in [6, 6.07) is 13.4. The van der Waals surface area contributed by atoms with E-state index in [0.29, 0.717) is 6.54 Å². The van der Waals surface area contributed by atoms with Crippen molar-refractivity contribution < 1.29 is 4.79 Å². The molecular weight excluding hydrogens is 450 g/mol. The van der Waals surface area contributed by atoms with E-state index in [-0.39, 0.29) is 42.5 Å². The first-order valence-corrected chi connectivity index (χ1v) is 12.4. The lowest BCUT2D eigenvalue weighted by molar-refractivity contribution is -0.118. The summed E-state index contributed by atoms with van der Waals surface area (Å²) in [5.74, 6) is -0.0347. The highest BCUT2D eigenvalue weighted by Gasteiger charge is 2.26. The summed E-state index contributed by atoms with van der Waals surface area (Å²) in [5.41, 5.74) is 5.94. The van der Waals surface area contributed by atoms with E-state index >= 15 is 0 Å². The molecule has 0 radical (unpaired) electrons. The minimum Gasteiger partial charge on any atom is -0.383 e. The van der Waals surface area contributed by atoms with Gasteiger partial charge in [0, 0.05) is 17.5 Å². The molecule has 0 aliphatic rings. The number of unbranched alkanes of at least 4 members (excludes halogenated alkanes) is 1. The highest BCUT2D eigenvalue weighted by Crippen LogP contribution is 2.26. The Bertz CT molecular complexity index is 1190. The van der Waals surface area contributed by atoms with Crippen molar-refractivity contribution in [1.82, 2.24) is 14.9 Å². The van der Waals surface area contributed by atoms with E-state index in [1.54, 1.807) is 11.3 Å². The molecule has 8 nitrogen and oxygen atoms in total. The maximum Gasteiger partial charge on any atom is 0.330 e. The minimum absolute atomic E-state index is 0.00309. The van der Waals surface area contributed by atoms with Gasteiger partial charge in [0.25, 0.3) is 5.56 Å². The fraction of sp³-hybridized carbons (Fsp3) is 0.400. The Kier molecular flexibility index (Phi) is 8.84. The quantitative estimate of drug-likeness (QED) is 0.386. The highest BCUT2D eigenvalue weighted by molar-refractivity contribution is 7.10. The first-order valence-electron chi connectivity index (χ1n) is 11.6. The molecule has 0 fully saturated rings. The van der Waals surface area contributed by atoms with Crippen molar-refractivity contribution in [3.05, 3.63) is 79.1 Å². The number of benzene rings is 1. The van der Waals surface area contributed by atoms with E-state index in [1.165, 1.54) is 9.47 Å². The zero-order chi connectivity index (χ0) is 24.7. The Labute approximate surface area is 203 Å². The molecule has 0 aliphatic carbocycles. The molecule has 4 N–H and O–H groups in total. The summed E-state index contributed by atoms with van der Waals surface area (Å²) in [6.07, 6.45) is 1.58. The van der Waals surface area contributed by atoms with Gasteiger partial charge in [-0.15, -0.1) is 11.3 Å². The maximum atomic E-state index is 13.5. The van der Waals surface area contributed by atoms with Crippen molar-refractivity contribution in [3.8, 4) is 0 Å². The number of thiophene rings is 1. The Morgan fingerprint density at radius 2 is 1.91 bits per heavy atom. The predicted molar refractivity (Wildman–Crippen MR) is 138 cm³/mol. The summed E-state index contributed by atoms with van der Waals surface area (Å²) in [4.78, 5) is 43.7. The van der Waals surface area contributed by atoms with Crippen LogP contribution in [0.25, 0.3) is 0 Å². The minimum atomic E-state index is -0.668. The number of carbonyl (C=O) groups is 1. The van der Waals surface area contributed by atoms with Gasteiger partial charge in [-0.3, -0.25) is 24.0 Å². The molecule has 0 bridgehead atoms. The number of nitrogen functional groups attached to an aromatic ring is 1. The number of amides is 1. The van der Waals surface area contributed by atoms with Crippen molar-refractivity contribution in [2.45, 2.75) is 52.7 Å². The summed E-state index contributed by atoms with van der Waals surface area (Å²) < 4.78 is 1.33. The summed E-state index contributed by atoms with van der Waals surface area (Å²) in [7, 11) is 0. The Morgan fingerprint density at radius 1 is 1.18 bits per heavy atom. The zero-order valence-corrected chi connectivity index (χ0v) is 20.7. The fourth-order valence-electron chi connectivity index (χ4n) is 3.86. The van der Waals surface area contributed by atoms with E-state index in [9.17, 15) is 14.4 Å². The standard InChI is InChI=1S/C25H33N5O3S/c1-4-5-13-29-23(26)22(24(32)28-25(29)33)30(16-18-10-7-6-8-11-18)20(31)15-27-21(17(2)3)19-12-9-14-34-19/h6-12,14,17,21,27H,4-5,13,15-16,26H2,1-3H3,(H,28,32,33). The monoisotopic (exact) mass is 483 g/mol. The fourth-order valence-corrected chi connectivity index (χ4v) is 4.83. The second-order valence-corrected chi connectivity index (χ2v) is 9.56. The third kappa shape index (κ3) is 6.03. The average Bonchev–Trinajstić information content (AvgIpc) is 3.33. The zero-order valence-electron chi connectivity index (χ0n) is 19.9. The lowest BCUT2D eigenvalue weighted by atomic mass is 10.0. The molecule has 1 aromatic carbocycles. The molecule has 2 heterocycles. The number of nitrogens with two attached hydrogens (primary N) is 1. The number of rotatable bonds is 11. The van der Waals surface area contributed by atoms with Gasteiger partial charge >= 0.3 is 5.69 Å². The van der Waals surface area contributed by atoms with Gasteiger partial charge in [-0.05, 0) is 29.3 Å². The molecule has 0 aliphatic heterocycles. The molecule has 1 unspecified atom stereocenters. The van der Waals surface area contributed by atoms with Crippen LogP contribution in [0.5, 0.6) is 0 Å². The van der Waals surface area contributed by atoms with Gasteiger partial charge < -0.3 is 11.1 Å². The number of aromatic nitrogens is 2. The third-order valence-electron chi connectivity index (χ3n) is 5.69. The lowest BCUT2D eigenvalue weighted by Crippen LogP contribution is -2.44. The summed E-state index contributed by atoms with van der Waals surface area (Å²) in [6.45, 7) is 6.73. The second kappa shape index (κ2) is 11.8. The molecule has 3 aromatic rings. The van der Waals surface area contributed by atoms with E-state index in [4.69, 9.17) is 5.73 Å². The van der Waals surface area contributed by atoms with Crippen LogP contribution in [0.2, 0.25) is 0 Å². The molecular formula is C25H33N5O3S. The van der Waals surface area contributed by atoms with Crippen molar-refractivity contribution in [3.63, 3.8) is 0 Å². The maximum absolute atomic E-state index is 13.5. The van der Waals surface area contributed by atoms with Gasteiger partial charge in [0.2, 0.25) is 5.91 Å². The first-order chi connectivity index (χ1) is 16.3. The molecule has 0 saturated carbocycles. The van der Waals surface area contributed by atoms with Crippen molar-refractivity contribution in [1.29, 1.82) is 0 Å². The van der Waals surface area contributed by atoms with Crippen LogP contribution < -0.4 is 27.2 Å². The SMILES string of the molecule is CCCCn1c(N)c(N(Cc2ccccc2)C(=O)CNC(c2cccs2)C(C)C)c(=O)[nH]c1=O. The van der Waals surface area contributed by atoms with Gasteiger partial charge in [-0.2, -0.15) is 0 Å². The molecule has 3 rings (SSSR count). The van der Waals surface area contributed by atoms with Crippen molar-refractivity contribution in [2.24, 2.45) is 5.92 Å². The Hall–Kier alpha value is -3.17. The third-order valence-corrected chi connectivity index (χ3v) is 6.65. The van der Waals surface area contributed by atoms with Crippen LogP contribution in [-0.4, -0.2) is 22.0 Å². The number of anilines is 2. The van der Waals surface area contributed by atoms with E-state index in [0.717, 1.165) is 23.3 Å². The molecule has 0 saturated heterocycles. The molecule has 1 amide bonds. The number of nitrogens with one attached hydrogen (secondary N) is 2. The van der Waals surface area contributed by atoms with E-state index in [1.807, 2.05) is 54.8 Å². The molecule has 9 heteroatoms. The molecule has 182 valence electrons. The summed E-state index contributed by atoms with van der Waals surface area (Å²) in [5, 5.41) is 5.36. The molecule has 1 atom stereocenters. The van der Waals surface area contributed by atoms with E-state index < -0.39 is 11.2 Å². The number of carbonyl (C=O) groups excluding carboxylic acids is 1. The topological polar surface area (TPSA) is 113 Å². The van der Waals surface area contributed by atoms with Crippen LogP contribution in [0.4, 0.5) is 11.5 Å². The van der Waals surface area contributed by atoms with E-state index in [2.05, 4.69) is 24.1 Å². The Balaban J connectivity index is 1.97. The highest BCUT2D eigenvalue weighted by atomic mass is 32.1. The van der Waals surface area contributed by atoms with Crippen LogP contribution in [0, 0.1) is 5.92 Å². The molecule has 0 spiro atoms. The number of hydrogen-bond acceptors (Lipinski definition) is 6. The second-order valence-electron chi connectivity index (χ2n) is 8.58. The van der Waals surface area contributed by atoms with Gasteiger partial charge in [0.15, 0.2) is 5.69 Å². The molecule has 2 aromatic heterocycles. The Morgan fingerprint density at radius 3 is 2.53 bits per heavy atom. The smallest absolute Gasteiger partial charge is 0.330 e. The van der Waals surface area contributed by atoms with Crippen LogP contribution >= 0.6 is 11.3 Å². The van der Waals surface area contributed by atoms with Gasteiger partial charge in [0.05, 0.1) is 13.1 Å². The van der Waals surface area contributed by atoms with Crippen LogP contribution in [0.1, 0.15) is 50.1 Å². The van der Waals surface area contributed by atoms with Crippen LogP contribution in [-0.2, 0) is 17.9 Å². The van der Waals surface area contributed by atoms with Gasteiger partial charge in [0.1, 0.15) is 5.82 Å². The predicted octanol–water partition coefficient (Wildman–Crippen LogP) is 3.50. The van der Waals surface area contributed by atoms with Gasteiger partial charge in [-0.1, -0.05) is 63.6 Å². The lowest BCUT2D eigenvalue weighted by Gasteiger charge is -2.27. The normalized spacial score (nSPS) is 12.1. The van der Waals surface area contributed by atoms with Crippen molar-refractivity contribution >= 4 is 28.7 Å². The number of hydrogen-bond donors (Lipinski definition) is 3. The van der Waals surface area contributed by atoms with Gasteiger partial charge in [-0.25, -0.2) is 4.79 Å². The van der Waals surface area contributed by atoms with Crippen LogP contribution in [0.3, 0.4) is 0 Å². The summed E-state index contributed by atoms with van der Waals surface area (Å²) >= 11 is 1.63. The average molecular weight is 484 g/mol. The number of nitrogens with zero attached hydrogens (tertiary/aromatic N) is 2. The number of H-pyrrole nitrogens is 1.